The molecule has 0 spiro atoms. The summed E-state index contributed by atoms with van der Waals surface area (Å²) in [6.45, 7) is 7.45. The average Bonchev–Trinajstić information content (AvgIpc) is 2.78. The van der Waals surface area contributed by atoms with Gasteiger partial charge in [-0.3, -0.25) is 14.5 Å². The molecule has 4 rings (SSSR count). The van der Waals surface area contributed by atoms with Gasteiger partial charge in [0.05, 0.1) is 12.5 Å². The van der Waals surface area contributed by atoms with Gasteiger partial charge in [-0.25, -0.2) is 0 Å². The third-order valence-corrected chi connectivity index (χ3v) is 6.57. The average molecular weight is 423 g/mol. The fourth-order valence-electron chi connectivity index (χ4n) is 4.90. The number of benzene rings is 2. The predicted octanol–water partition coefficient (Wildman–Crippen LogP) is 2.52. The zero-order valence-corrected chi connectivity index (χ0v) is 18.5. The maximum Gasteiger partial charge on any atom is 0.237 e. The minimum atomic E-state index is -0.423. The minimum absolute atomic E-state index is 0.0149. The van der Waals surface area contributed by atoms with Crippen LogP contribution in [0, 0.1) is 0 Å². The zero-order chi connectivity index (χ0) is 21.6. The zero-order valence-electron chi connectivity index (χ0n) is 18.5. The molecule has 2 amide bonds. The largest absolute Gasteiger partial charge is 0.353 e. The lowest BCUT2D eigenvalue weighted by molar-refractivity contribution is -0.134. The van der Waals surface area contributed by atoms with Crippen LogP contribution in [0.2, 0.25) is 0 Å². The van der Waals surface area contributed by atoms with Crippen LogP contribution in [0.5, 0.6) is 0 Å². The first-order valence-corrected chi connectivity index (χ1v) is 11.6. The molecule has 2 heterocycles. The van der Waals surface area contributed by atoms with Crippen LogP contribution in [0.1, 0.15) is 38.2 Å². The maximum absolute atomic E-state index is 12.8. The number of rotatable bonds is 7. The van der Waals surface area contributed by atoms with Gasteiger partial charge < -0.3 is 15.5 Å². The van der Waals surface area contributed by atoms with Crippen LogP contribution < -0.4 is 10.6 Å². The van der Waals surface area contributed by atoms with Crippen molar-refractivity contribution >= 4 is 22.6 Å². The fraction of sp³-hybridized carbons (Fsp3) is 0.520. The van der Waals surface area contributed by atoms with Crippen molar-refractivity contribution in [1.82, 2.24) is 20.4 Å². The number of hydrogen-bond acceptors (Lipinski definition) is 4. The molecule has 0 unspecified atom stereocenters. The first kappa shape index (κ1) is 21.8. The first-order chi connectivity index (χ1) is 15.1. The van der Waals surface area contributed by atoms with Crippen molar-refractivity contribution < 1.29 is 9.59 Å². The second kappa shape index (κ2) is 10.2. The lowest BCUT2D eigenvalue weighted by Crippen LogP contribution is -2.56. The van der Waals surface area contributed by atoms with E-state index in [2.05, 4.69) is 57.7 Å². The van der Waals surface area contributed by atoms with Gasteiger partial charge in [-0.05, 0) is 42.1 Å². The summed E-state index contributed by atoms with van der Waals surface area (Å²) in [6.07, 6.45) is 3.36. The molecule has 2 aromatic carbocycles. The highest BCUT2D eigenvalue weighted by molar-refractivity contribution is 5.89. The van der Waals surface area contributed by atoms with Crippen LogP contribution in [0.3, 0.4) is 0 Å². The van der Waals surface area contributed by atoms with Crippen LogP contribution >= 0.6 is 0 Å². The SMILES string of the molecule is CCCN1CCC(NC(=O)C[C@H]2C(=O)NCCN2Cc2cccc3ccccc23)CC1. The normalized spacial score (nSPS) is 21.2. The molecule has 2 saturated heterocycles. The van der Waals surface area contributed by atoms with E-state index >= 15 is 0 Å². The van der Waals surface area contributed by atoms with Crippen LogP contribution in [-0.2, 0) is 16.1 Å². The second-order valence-corrected chi connectivity index (χ2v) is 8.80. The maximum atomic E-state index is 12.8. The van der Waals surface area contributed by atoms with Crippen molar-refractivity contribution in [2.75, 3.05) is 32.7 Å². The van der Waals surface area contributed by atoms with Gasteiger partial charge in [0.15, 0.2) is 0 Å². The van der Waals surface area contributed by atoms with Gasteiger partial charge in [0.25, 0.3) is 0 Å². The standard InChI is InChI=1S/C25H34N4O2/c1-2-13-28-14-10-21(11-15-28)27-24(30)17-23-25(31)26-12-16-29(23)18-20-8-5-7-19-6-3-4-9-22(19)20/h3-9,21,23H,2,10-18H2,1H3,(H,26,31)(H,27,30)/t23-/m0/s1. The number of amides is 2. The quantitative estimate of drug-likeness (QED) is 0.720. The lowest BCUT2D eigenvalue weighted by atomic mass is 10.0. The Hall–Kier alpha value is -2.44. The Morgan fingerprint density at radius 1 is 1.10 bits per heavy atom. The van der Waals surface area contributed by atoms with Gasteiger partial charge in [-0.2, -0.15) is 0 Å². The van der Waals surface area contributed by atoms with Gasteiger partial charge >= 0.3 is 0 Å². The van der Waals surface area contributed by atoms with Crippen molar-refractivity contribution in [3.05, 3.63) is 48.0 Å². The van der Waals surface area contributed by atoms with E-state index in [9.17, 15) is 9.59 Å². The summed E-state index contributed by atoms with van der Waals surface area (Å²) in [6, 6.07) is 14.4. The molecule has 0 radical (unpaired) electrons. The second-order valence-electron chi connectivity index (χ2n) is 8.80. The summed E-state index contributed by atoms with van der Waals surface area (Å²) in [5.41, 5.74) is 1.20. The van der Waals surface area contributed by atoms with Crippen LogP contribution in [0.15, 0.2) is 42.5 Å². The Labute approximate surface area is 185 Å². The number of nitrogens with zero attached hydrogens (tertiary/aromatic N) is 2. The van der Waals surface area contributed by atoms with Crippen molar-refractivity contribution in [3.8, 4) is 0 Å². The summed E-state index contributed by atoms with van der Waals surface area (Å²) in [5, 5.41) is 8.54. The van der Waals surface area contributed by atoms with E-state index in [0.29, 0.717) is 13.1 Å². The topological polar surface area (TPSA) is 64.7 Å². The number of hydrogen-bond donors (Lipinski definition) is 2. The molecule has 1 atom stereocenters. The van der Waals surface area contributed by atoms with Gasteiger partial charge in [0, 0.05) is 38.8 Å². The number of carbonyl (C=O) groups is 2. The van der Waals surface area contributed by atoms with E-state index in [0.717, 1.165) is 39.0 Å². The van der Waals surface area contributed by atoms with E-state index in [4.69, 9.17) is 0 Å². The molecule has 2 aromatic rings. The molecular weight excluding hydrogens is 388 g/mol. The van der Waals surface area contributed by atoms with Crippen LogP contribution in [0.4, 0.5) is 0 Å². The van der Waals surface area contributed by atoms with E-state index in [1.54, 1.807) is 0 Å². The molecule has 2 fully saturated rings. The Bertz CT molecular complexity index is 902. The van der Waals surface area contributed by atoms with Crippen molar-refractivity contribution in [2.24, 2.45) is 0 Å². The molecule has 6 nitrogen and oxygen atoms in total. The van der Waals surface area contributed by atoms with E-state index in [1.165, 1.54) is 22.8 Å². The van der Waals surface area contributed by atoms with Crippen molar-refractivity contribution in [3.63, 3.8) is 0 Å². The summed E-state index contributed by atoms with van der Waals surface area (Å²) in [4.78, 5) is 30.1. The van der Waals surface area contributed by atoms with Crippen molar-refractivity contribution in [2.45, 2.75) is 51.2 Å². The Kier molecular flexibility index (Phi) is 7.20. The van der Waals surface area contributed by atoms with Crippen LogP contribution in [-0.4, -0.2) is 66.4 Å². The number of piperidine rings is 1. The molecular formula is C25H34N4O2. The number of fused-ring (bicyclic) bond motifs is 1. The van der Waals surface area contributed by atoms with Crippen molar-refractivity contribution in [1.29, 1.82) is 0 Å². The van der Waals surface area contributed by atoms with E-state index in [1.807, 2.05) is 12.1 Å². The number of piperazine rings is 1. The molecule has 2 aliphatic rings. The molecule has 0 aliphatic carbocycles. The molecule has 2 N–H and O–H groups in total. The molecule has 6 heteroatoms. The number of carbonyl (C=O) groups excluding carboxylic acids is 2. The highest BCUT2D eigenvalue weighted by Gasteiger charge is 2.32. The number of nitrogens with one attached hydrogen (secondary N) is 2. The van der Waals surface area contributed by atoms with Gasteiger partial charge in [0.2, 0.25) is 11.8 Å². The lowest BCUT2D eigenvalue weighted by Gasteiger charge is -2.36. The monoisotopic (exact) mass is 422 g/mol. The third-order valence-electron chi connectivity index (χ3n) is 6.57. The smallest absolute Gasteiger partial charge is 0.237 e. The molecule has 2 aliphatic heterocycles. The highest BCUT2D eigenvalue weighted by Crippen LogP contribution is 2.22. The van der Waals surface area contributed by atoms with Gasteiger partial charge in [0.1, 0.15) is 0 Å². The number of likely N-dealkylation sites (tertiary alicyclic amines) is 1. The van der Waals surface area contributed by atoms with E-state index < -0.39 is 6.04 Å². The highest BCUT2D eigenvalue weighted by atomic mass is 16.2. The fourth-order valence-corrected chi connectivity index (χ4v) is 4.90. The Morgan fingerprint density at radius 2 is 1.87 bits per heavy atom. The minimum Gasteiger partial charge on any atom is -0.353 e. The summed E-state index contributed by atoms with van der Waals surface area (Å²) in [5.74, 6) is -0.0571. The molecule has 0 aromatic heterocycles. The third kappa shape index (κ3) is 5.43. The Balaban J connectivity index is 1.38. The molecule has 31 heavy (non-hydrogen) atoms. The van der Waals surface area contributed by atoms with Gasteiger partial charge in [-0.1, -0.05) is 49.4 Å². The molecule has 0 saturated carbocycles. The molecule has 166 valence electrons. The predicted molar refractivity (Wildman–Crippen MR) is 124 cm³/mol. The van der Waals surface area contributed by atoms with Crippen LogP contribution in [0.25, 0.3) is 10.8 Å². The summed E-state index contributed by atoms with van der Waals surface area (Å²) >= 11 is 0. The Morgan fingerprint density at radius 3 is 2.68 bits per heavy atom. The first-order valence-electron chi connectivity index (χ1n) is 11.6. The summed E-state index contributed by atoms with van der Waals surface area (Å²) < 4.78 is 0. The van der Waals surface area contributed by atoms with E-state index in [-0.39, 0.29) is 24.3 Å². The molecule has 0 bridgehead atoms. The van der Waals surface area contributed by atoms with Gasteiger partial charge in [-0.15, -0.1) is 0 Å². The summed E-state index contributed by atoms with van der Waals surface area (Å²) in [7, 11) is 0.